The molecule has 2 aromatic rings. The van der Waals surface area contributed by atoms with Crippen LogP contribution in [0.1, 0.15) is 11.1 Å². The van der Waals surface area contributed by atoms with Gasteiger partial charge in [-0.15, -0.1) is 0 Å². The number of hydrogen-bond donors (Lipinski definition) is 1. The lowest BCUT2D eigenvalue weighted by molar-refractivity contribution is -0.384. The normalized spacial score (nSPS) is 13.0. The summed E-state index contributed by atoms with van der Waals surface area (Å²) in [6, 6.07) is 9.80. The van der Waals surface area contributed by atoms with Gasteiger partial charge in [0, 0.05) is 18.2 Å². The SMILES string of the molecule is COc1ccc(CN2Cc3cccc([N+](=O)[O-])c3NC2=O)cc1OC. The number of amides is 2. The monoisotopic (exact) mass is 343 g/mol. The molecular weight excluding hydrogens is 326 g/mol. The number of fused-ring (bicyclic) bond motifs is 1. The Labute approximate surface area is 144 Å². The number of carbonyl (C=O) groups is 1. The summed E-state index contributed by atoms with van der Waals surface area (Å²) >= 11 is 0. The Morgan fingerprint density at radius 3 is 2.64 bits per heavy atom. The first-order chi connectivity index (χ1) is 12.0. The fourth-order valence-corrected chi connectivity index (χ4v) is 2.81. The molecule has 1 N–H and O–H groups in total. The Hall–Kier alpha value is -3.29. The van der Waals surface area contributed by atoms with Crippen molar-refractivity contribution in [3.8, 4) is 11.5 Å². The number of anilines is 1. The van der Waals surface area contributed by atoms with Gasteiger partial charge in [-0.25, -0.2) is 4.79 Å². The van der Waals surface area contributed by atoms with Gasteiger partial charge in [-0.3, -0.25) is 10.1 Å². The Morgan fingerprint density at radius 1 is 1.20 bits per heavy atom. The maximum atomic E-state index is 12.4. The van der Waals surface area contributed by atoms with Crippen molar-refractivity contribution in [3.63, 3.8) is 0 Å². The number of benzene rings is 2. The minimum atomic E-state index is -0.497. The number of urea groups is 1. The summed E-state index contributed by atoms with van der Waals surface area (Å²) in [6.45, 7) is 0.630. The van der Waals surface area contributed by atoms with Crippen molar-refractivity contribution in [2.75, 3.05) is 19.5 Å². The van der Waals surface area contributed by atoms with E-state index in [1.54, 1.807) is 43.4 Å². The van der Waals surface area contributed by atoms with E-state index in [0.717, 1.165) is 5.56 Å². The first-order valence-electron chi connectivity index (χ1n) is 7.56. The van der Waals surface area contributed by atoms with Crippen molar-refractivity contribution in [2.24, 2.45) is 0 Å². The van der Waals surface area contributed by atoms with Crippen LogP contribution >= 0.6 is 0 Å². The molecule has 130 valence electrons. The molecule has 0 fully saturated rings. The lowest BCUT2D eigenvalue weighted by Gasteiger charge is -2.29. The first-order valence-corrected chi connectivity index (χ1v) is 7.56. The van der Waals surface area contributed by atoms with Crippen LogP contribution in [0.2, 0.25) is 0 Å². The second kappa shape index (κ2) is 6.68. The highest BCUT2D eigenvalue weighted by Gasteiger charge is 2.28. The Balaban J connectivity index is 1.85. The van der Waals surface area contributed by atoms with Gasteiger partial charge in [0.25, 0.3) is 5.69 Å². The lowest BCUT2D eigenvalue weighted by Crippen LogP contribution is -2.38. The van der Waals surface area contributed by atoms with Crippen LogP contribution in [0.4, 0.5) is 16.2 Å². The molecule has 3 rings (SSSR count). The molecule has 8 nitrogen and oxygen atoms in total. The number of nitro groups is 1. The van der Waals surface area contributed by atoms with Gasteiger partial charge in [0.05, 0.1) is 25.7 Å². The van der Waals surface area contributed by atoms with Crippen LogP contribution in [0.5, 0.6) is 11.5 Å². The summed E-state index contributed by atoms with van der Waals surface area (Å²) in [7, 11) is 3.10. The average Bonchev–Trinajstić information content (AvgIpc) is 2.61. The van der Waals surface area contributed by atoms with Gasteiger partial charge < -0.3 is 19.7 Å². The zero-order valence-corrected chi connectivity index (χ0v) is 13.8. The minimum Gasteiger partial charge on any atom is -0.493 e. The molecule has 0 saturated carbocycles. The van der Waals surface area contributed by atoms with Gasteiger partial charge in [-0.1, -0.05) is 18.2 Å². The van der Waals surface area contributed by atoms with E-state index in [4.69, 9.17) is 9.47 Å². The van der Waals surface area contributed by atoms with Crippen LogP contribution in [0.15, 0.2) is 36.4 Å². The highest BCUT2D eigenvalue weighted by molar-refractivity contribution is 5.95. The summed E-state index contributed by atoms with van der Waals surface area (Å²) in [5, 5.41) is 13.7. The maximum Gasteiger partial charge on any atom is 0.322 e. The van der Waals surface area contributed by atoms with Crippen LogP contribution in [-0.4, -0.2) is 30.1 Å². The number of ether oxygens (including phenoxy) is 2. The van der Waals surface area contributed by atoms with Crippen molar-refractivity contribution in [3.05, 3.63) is 57.6 Å². The number of carbonyl (C=O) groups excluding carboxylic acids is 1. The highest BCUT2D eigenvalue weighted by Crippen LogP contribution is 2.34. The molecule has 1 heterocycles. The number of hydrogen-bond acceptors (Lipinski definition) is 5. The molecule has 0 aromatic heterocycles. The molecular formula is C17H17N3O5. The van der Waals surface area contributed by atoms with Crippen LogP contribution in [0, 0.1) is 10.1 Å². The summed E-state index contributed by atoms with van der Waals surface area (Å²) in [4.78, 5) is 24.5. The summed E-state index contributed by atoms with van der Waals surface area (Å²) < 4.78 is 10.5. The van der Waals surface area contributed by atoms with Gasteiger partial charge in [0.1, 0.15) is 5.69 Å². The third-order valence-electron chi connectivity index (χ3n) is 4.03. The second-order valence-corrected chi connectivity index (χ2v) is 5.54. The van der Waals surface area contributed by atoms with Gasteiger partial charge in [-0.2, -0.15) is 0 Å². The largest absolute Gasteiger partial charge is 0.493 e. The van der Waals surface area contributed by atoms with E-state index >= 15 is 0 Å². The highest BCUT2D eigenvalue weighted by atomic mass is 16.6. The van der Waals surface area contributed by atoms with Crippen LogP contribution in [-0.2, 0) is 13.1 Å². The van der Waals surface area contributed by atoms with Crippen molar-refractivity contribution in [2.45, 2.75) is 13.1 Å². The molecule has 0 spiro atoms. The van der Waals surface area contributed by atoms with E-state index < -0.39 is 4.92 Å². The zero-order chi connectivity index (χ0) is 18.0. The Kier molecular flexibility index (Phi) is 4.42. The quantitative estimate of drug-likeness (QED) is 0.665. The molecule has 0 atom stereocenters. The summed E-state index contributed by atoms with van der Waals surface area (Å²) in [5.41, 5.74) is 1.73. The van der Waals surface area contributed by atoms with Gasteiger partial charge in [0.15, 0.2) is 11.5 Å². The summed E-state index contributed by atoms with van der Waals surface area (Å²) in [6.07, 6.45) is 0. The standard InChI is InChI=1S/C17H17N3O5/c1-24-14-7-6-11(8-15(14)25-2)9-19-10-12-4-3-5-13(20(22)23)16(12)18-17(19)21/h3-8H,9-10H2,1-2H3,(H,18,21). The number of para-hydroxylation sites is 1. The molecule has 0 bridgehead atoms. The topological polar surface area (TPSA) is 93.9 Å². The molecule has 2 amide bonds. The number of nitrogens with zero attached hydrogens (tertiary/aromatic N) is 2. The van der Waals surface area contributed by atoms with Crippen LogP contribution in [0.25, 0.3) is 0 Å². The molecule has 1 aliphatic heterocycles. The molecule has 0 aliphatic carbocycles. The number of nitro benzene ring substituents is 1. The smallest absolute Gasteiger partial charge is 0.322 e. The van der Waals surface area contributed by atoms with E-state index in [-0.39, 0.29) is 24.0 Å². The molecule has 2 aromatic carbocycles. The third-order valence-corrected chi connectivity index (χ3v) is 4.03. The fraction of sp³-hybridized carbons (Fsp3) is 0.235. The third kappa shape index (κ3) is 3.18. The number of rotatable bonds is 5. The predicted molar refractivity (Wildman–Crippen MR) is 90.9 cm³/mol. The zero-order valence-electron chi connectivity index (χ0n) is 13.8. The van der Waals surface area contributed by atoms with E-state index in [1.807, 2.05) is 6.07 Å². The Bertz CT molecular complexity index is 837. The average molecular weight is 343 g/mol. The first kappa shape index (κ1) is 16.6. The number of nitrogens with one attached hydrogen (secondary N) is 1. The van der Waals surface area contributed by atoms with Crippen molar-refractivity contribution >= 4 is 17.4 Å². The fourth-order valence-electron chi connectivity index (χ4n) is 2.81. The maximum absolute atomic E-state index is 12.4. The molecule has 25 heavy (non-hydrogen) atoms. The molecule has 8 heteroatoms. The second-order valence-electron chi connectivity index (χ2n) is 5.54. The molecule has 0 unspecified atom stereocenters. The van der Waals surface area contributed by atoms with Gasteiger partial charge in [-0.05, 0) is 17.7 Å². The molecule has 0 radical (unpaired) electrons. The summed E-state index contributed by atoms with van der Waals surface area (Å²) in [5.74, 6) is 1.18. The van der Waals surface area contributed by atoms with Crippen molar-refractivity contribution in [1.29, 1.82) is 0 Å². The Morgan fingerprint density at radius 2 is 1.96 bits per heavy atom. The minimum absolute atomic E-state index is 0.100. The van der Waals surface area contributed by atoms with Crippen molar-refractivity contribution < 1.29 is 19.2 Å². The van der Waals surface area contributed by atoms with Crippen LogP contribution < -0.4 is 14.8 Å². The lowest BCUT2D eigenvalue weighted by atomic mass is 10.1. The van der Waals surface area contributed by atoms with Gasteiger partial charge >= 0.3 is 6.03 Å². The van der Waals surface area contributed by atoms with E-state index in [1.165, 1.54) is 6.07 Å². The number of methoxy groups -OCH3 is 2. The van der Waals surface area contributed by atoms with Gasteiger partial charge in [0.2, 0.25) is 0 Å². The molecule has 1 aliphatic rings. The van der Waals surface area contributed by atoms with E-state index in [9.17, 15) is 14.9 Å². The molecule has 0 saturated heterocycles. The van der Waals surface area contributed by atoms with E-state index in [0.29, 0.717) is 23.6 Å². The van der Waals surface area contributed by atoms with Crippen LogP contribution in [0.3, 0.4) is 0 Å². The van der Waals surface area contributed by atoms with Crippen molar-refractivity contribution in [1.82, 2.24) is 4.90 Å². The predicted octanol–water partition coefficient (Wildman–Crippen LogP) is 3.16. The van der Waals surface area contributed by atoms with E-state index in [2.05, 4.69) is 5.32 Å².